The van der Waals surface area contributed by atoms with Crippen molar-refractivity contribution in [3.05, 3.63) is 24.3 Å². The number of anilines is 1. The van der Waals surface area contributed by atoms with Crippen LogP contribution in [-0.2, 0) is 0 Å². The van der Waals surface area contributed by atoms with Crippen LogP contribution in [0, 0.1) is 0 Å². The second-order valence-corrected chi connectivity index (χ2v) is 6.57. The Morgan fingerprint density at radius 3 is 2.05 bits per heavy atom. The Bertz CT molecular complexity index is 369. The zero-order valence-corrected chi connectivity index (χ0v) is 15.1. The molecule has 0 saturated heterocycles. The molecule has 3 heteroatoms. The highest BCUT2D eigenvalue weighted by Crippen LogP contribution is 2.27. The Labute approximate surface area is 136 Å². The van der Waals surface area contributed by atoms with Gasteiger partial charge in [0.15, 0.2) is 0 Å². The van der Waals surface area contributed by atoms with Crippen LogP contribution >= 0.6 is 11.9 Å². The normalized spacial score (nSPS) is 11.1. The van der Waals surface area contributed by atoms with Gasteiger partial charge in [0.05, 0.1) is 0 Å². The Balaban J connectivity index is 2.77. The number of rotatable bonds is 11. The van der Waals surface area contributed by atoms with Gasteiger partial charge >= 0.3 is 0 Å². The van der Waals surface area contributed by atoms with Crippen molar-refractivity contribution in [2.75, 3.05) is 31.1 Å². The number of hydrogen-bond donors (Lipinski definition) is 0. The average molecular weight is 309 g/mol. The summed E-state index contributed by atoms with van der Waals surface area (Å²) in [7, 11) is 0. The molecule has 0 atom stereocenters. The van der Waals surface area contributed by atoms with Crippen LogP contribution < -0.4 is 4.90 Å². The molecule has 0 fully saturated rings. The maximum atomic E-state index is 2.55. The first kappa shape index (κ1) is 18.4. The Kier molecular flexibility index (Phi) is 9.60. The predicted molar refractivity (Wildman–Crippen MR) is 97.2 cm³/mol. The summed E-state index contributed by atoms with van der Waals surface area (Å²) in [5.41, 5.74) is 1.38. The molecule has 0 heterocycles. The van der Waals surface area contributed by atoms with Gasteiger partial charge in [0.1, 0.15) is 0 Å². The third-order valence-corrected chi connectivity index (χ3v) is 4.93. The van der Waals surface area contributed by atoms with Crippen molar-refractivity contribution >= 4 is 17.6 Å². The summed E-state index contributed by atoms with van der Waals surface area (Å²) < 4.78 is 2.39. The molecule has 0 unspecified atom stereocenters. The topological polar surface area (TPSA) is 6.48 Å². The van der Waals surface area contributed by atoms with Crippen LogP contribution in [0.5, 0.6) is 0 Å². The summed E-state index contributed by atoms with van der Waals surface area (Å²) in [6.07, 6.45) is 5.07. The standard InChI is InChI=1S/C18H32N2S/c1-5-9-14-19(15-10-6-2)17-12-11-13-18(16-17)21-20(7-3)8-4/h11-13,16H,5-10,14-15H2,1-4H3. The smallest absolute Gasteiger partial charge is 0.0377 e. The van der Waals surface area contributed by atoms with Crippen molar-refractivity contribution in [3.8, 4) is 0 Å². The second kappa shape index (κ2) is 11.0. The van der Waals surface area contributed by atoms with Gasteiger partial charge in [0, 0.05) is 36.8 Å². The van der Waals surface area contributed by atoms with Crippen LogP contribution in [0.25, 0.3) is 0 Å². The summed E-state index contributed by atoms with van der Waals surface area (Å²) in [5.74, 6) is 0. The van der Waals surface area contributed by atoms with Gasteiger partial charge in [-0.2, -0.15) is 0 Å². The molecule has 2 nitrogen and oxygen atoms in total. The van der Waals surface area contributed by atoms with E-state index in [9.17, 15) is 0 Å². The zero-order valence-electron chi connectivity index (χ0n) is 14.3. The van der Waals surface area contributed by atoms with Crippen LogP contribution in [-0.4, -0.2) is 30.5 Å². The first-order chi connectivity index (χ1) is 10.2. The number of nitrogens with zero attached hydrogens (tertiary/aromatic N) is 2. The Hall–Kier alpha value is -0.670. The fourth-order valence-corrected chi connectivity index (χ4v) is 3.18. The third-order valence-electron chi connectivity index (χ3n) is 3.69. The van der Waals surface area contributed by atoms with Gasteiger partial charge in [-0.05, 0) is 43.0 Å². The van der Waals surface area contributed by atoms with Crippen LogP contribution in [0.1, 0.15) is 53.4 Å². The van der Waals surface area contributed by atoms with E-state index in [2.05, 4.69) is 61.2 Å². The Morgan fingerprint density at radius 1 is 0.905 bits per heavy atom. The number of benzene rings is 1. The fraction of sp³-hybridized carbons (Fsp3) is 0.667. The first-order valence-corrected chi connectivity index (χ1v) is 9.30. The Morgan fingerprint density at radius 2 is 1.52 bits per heavy atom. The van der Waals surface area contributed by atoms with Crippen LogP contribution in [0.4, 0.5) is 5.69 Å². The second-order valence-electron chi connectivity index (χ2n) is 5.40. The van der Waals surface area contributed by atoms with Crippen molar-refractivity contribution in [3.63, 3.8) is 0 Å². The molecule has 1 aromatic carbocycles. The van der Waals surface area contributed by atoms with Crippen LogP contribution in [0.2, 0.25) is 0 Å². The maximum absolute atomic E-state index is 2.55. The molecule has 0 aliphatic heterocycles. The molecule has 0 aliphatic rings. The van der Waals surface area contributed by atoms with E-state index in [-0.39, 0.29) is 0 Å². The van der Waals surface area contributed by atoms with Crippen LogP contribution in [0.15, 0.2) is 29.2 Å². The van der Waals surface area contributed by atoms with Gasteiger partial charge in [-0.1, -0.05) is 46.6 Å². The van der Waals surface area contributed by atoms with E-state index in [0.717, 1.165) is 13.1 Å². The SMILES string of the molecule is CCCCN(CCCC)c1cccc(SN(CC)CC)c1. The lowest BCUT2D eigenvalue weighted by atomic mass is 10.2. The van der Waals surface area contributed by atoms with Gasteiger partial charge in [0.2, 0.25) is 0 Å². The molecule has 120 valence electrons. The fourth-order valence-electron chi connectivity index (χ4n) is 2.31. The highest BCUT2D eigenvalue weighted by atomic mass is 32.2. The molecule has 0 spiro atoms. The van der Waals surface area contributed by atoms with Gasteiger partial charge in [-0.3, -0.25) is 0 Å². The third kappa shape index (κ3) is 6.75. The number of hydrogen-bond acceptors (Lipinski definition) is 3. The van der Waals surface area contributed by atoms with E-state index in [1.54, 1.807) is 0 Å². The molecule has 0 aromatic heterocycles. The van der Waals surface area contributed by atoms with E-state index in [1.165, 1.54) is 49.4 Å². The molecule has 0 N–H and O–H groups in total. The average Bonchev–Trinajstić information content (AvgIpc) is 2.53. The molecular weight excluding hydrogens is 276 g/mol. The minimum absolute atomic E-state index is 1.08. The summed E-state index contributed by atoms with van der Waals surface area (Å²) >= 11 is 1.87. The minimum atomic E-state index is 1.08. The van der Waals surface area contributed by atoms with Crippen molar-refractivity contribution in [1.29, 1.82) is 0 Å². The lowest BCUT2D eigenvalue weighted by molar-refractivity contribution is 0.525. The molecule has 0 aliphatic carbocycles. The van der Waals surface area contributed by atoms with Gasteiger partial charge < -0.3 is 4.90 Å². The summed E-state index contributed by atoms with van der Waals surface area (Å²) in [5, 5.41) is 0. The van der Waals surface area contributed by atoms with Gasteiger partial charge in [-0.15, -0.1) is 0 Å². The lowest BCUT2D eigenvalue weighted by Gasteiger charge is -2.25. The van der Waals surface area contributed by atoms with Crippen LogP contribution in [0.3, 0.4) is 0 Å². The molecule has 0 radical (unpaired) electrons. The lowest BCUT2D eigenvalue weighted by Crippen LogP contribution is -2.25. The van der Waals surface area contributed by atoms with E-state index >= 15 is 0 Å². The molecular formula is C18H32N2S. The van der Waals surface area contributed by atoms with E-state index in [0.29, 0.717) is 0 Å². The highest BCUT2D eigenvalue weighted by molar-refractivity contribution is 7.97. The zero-order chi connectivity index (χ0) is 15.5. The van der Waals surface area contributed by atoms with E-state index in [1.807, 2.05) is 11.9 Å². The summed E-state index contributed by atoms with van der Waals surface area (Å²) in [6, 6.07) is 9.04. The molecule has 1 aromatic rings. The quantitative estimate of drug-likeness (QED) is 0.502. The highest BCUT2D eigenvalue weighted by Gasteiger charge is 2.08. The molecule has 21 heavy (non-hydrogen) atoms. The van der Waals surface area contributed by atoms with E-state index in [4.69, 9.17) is 0 Å². The largest absolute Gasteiger partial charge is 0.372 e. The molecule has 0 amide bonds. The van der Waals surface area contributed by atoms with Crippen molar-refractivity contribution in [2.45, 2.75) is 58.3 Å². The molecule has 0 bridgehead atoms. The van der Waals surface area contributed by atoms with Gasteiger partial charge in [-0.25, -0.2) is 4.31 Å². The van der Waals surface area contributed by atoms with Crippen molar-refractivity contribution in [2.24, 2.45) is 0 Å². The minimum Gasteiger partial charge on any atom is -0.372 e. The van der Waals surface area contributed by atoms with Gasteiger partial charge in [0.25, 0.3) is 0 Å². The number of unbranched alkanes of at least 4 members (excludes halogenated alkanes) is 2. The first-order valence-electron chi connectivity index (χ1n) is 8.53. The van der Waals surface area contributed by atoms with Crippen molar-refractivity contribution in [1.82, 2.24) is 4.31 Å². The van der Waals surface area contributed by atoms with Crippen molar-refractivity contribution < 1.29 is 0 Å². The summed E-state index contributed by atoms with van der Waals surface area (Å²) in [4.78, 5) is 3.91. The predicted octanol–water partition coefficient (Wildman–Crippen LogP) is 5.44. The maximum Gasteiger partial charge on any atom is 0.0377 e. The monoisotopic (exact) mass is 308 g/mol. The molecule has 1 rings (SSSR count). The molecule has 0 saturated carbocycles. The van der Waals surface area contributed by atoms with E-state index < -0.39 is 0 Å². The summed E-state index contributed by atoms with van der Waals surface area (Å²) in [6.45, 7) is 13.5.